The van der Waals surface area contributed by atoms with Crippen molar-refractivity contribution in [2.24, 2.45) is 7.05 Å². The maximum Gasteiger partial charge on any atom is 0.240 e. The van der Waals surface area contributed by atoms with Gasteiger partial charge in [0.1, 0.15) is 12.9 Å². The van der Waals surface area contributed by atoms with Crippen LogP contribution in [0, 0.1) is 11.8 Å². The summed E-state index contributed by atoms with van der Waals surface area (Å²) in [6, 6.07) is 6.07. The van der Waals surface area contributed by atoms with Crippen molar-refractivity contribution < 1.29 is 13.5 Å². The number of sulfonamides is 1. The van der Waals surface area contributed by atoms with E-state index >= 15 is 0 Å². The zero-order valence-electron chi connectivity index (χ0n) is 11.3. The van der Waals surface area contributed by atoms with Crippen LogP contribution in [-0.2, 0) is 23.6 Å². The third kappa shape index (κ3) is 4.13. The van der Waals surface area contributed by atoms with Crippen molar-refractivity contribution in [3.8, 4) is 11.8 Å². The first-order valence-corrected chi connectivity index (χ1v) is 7.53. The molecule has 0 atom stereocenters. The summed E-state index contributed by atoms with van der Waals surface area (Å²) in [6.07, 6.45) is 1.50. The smallest absolute Gasteiger partial charge is 0.240 e. The summed E-state index contributed by atoms with van der Waals surface area (Å²) in [5.74, 6) is 5.58. The van der Waals surface area contributed by atoms with E-state index in [1.165, 1.54) is 23.1 Å². The molecule has 0 bridgehead atoms. The van der Waals surface area contributed by atoms with E-state index in [2.05, 4.69) is 26.6 Å². The van der Waals surface area contributed by atoms with Crippen LogP contribution in [0.1, 0.15) is 11.4 Å². The highest BCUT2D eigenvalue weighted by Crippen LogP contribution is 2.10. The SMILES string of the molecule is Cn1cnc(CNS(=O)(=O)c2ccc(C#CCO)cc2)n1. The molecule has 0 aliphatic carbocycles. The fourth-order valence-corrected chi connectivity index (χ4v) is 2.55. The second-order valence-corrected chi connectivity index (χ2v) is 5.91. The van der Waals surface area contributed by atoms with Gasteiger partial charge in [-0.15, -0.1) is 0 Å². The second-order valence-electron chi connectivity index (χ2n) is 4.14. The zero-order chi connectivity index (χ0) is 15.3. The number of aromatic nitrogens is 3. The lowest BCUT2D eigenvalue weighted by molar-refractivity contribution is 0.350. The Morgan fingerprint density at radius 1 is 1.33 bits per heavy atom. The number of rotatable bonds is 4. The summed E-state index contributed by atoms with van der Waals surface area (Å²) in [5, 5.41) is 12.6. The molecule has 2 aromatic rings. The van der Waals surface area contributed by atoms with Crippen LogP contribution in [0.3, 0.4) is 0 Å². The zero-order valence-corrected chi connectivity index (χ0v) is 12.1. The van der Waals surface area contributed by atoms with Gasteiger partial charge in [-0.05, 0) is 24.3 Å². The Labute approximate surface area is 122 Å². The molecule has 0 amide bonds. The van der Waals surface area contributed by atoms with Gasteiger partial charge in [-0.3, -0.25) is 4.68 Å². The highest BCUT2D eigenvalue weighted by Gasteiger charge is 2.14. The molecule has 2 N–H and O–H groups in total. The minimum Gasteiger partial charge on any atom is -0.384 e. The van der Waals surface area contributed by atoms with Crippen molar-refractivity contribution in [3.63, 3.8) is 0 Å². The van der Waals surface area contributed by atoms with Crippen molar-refractivity contribution in [2.75, 3.05) is 6.61 Å². The number of nitrogens with one attached hydrogen (secondary N) is 1. The van der Waals surface area contributed by atoms with Gasteiger partial charge in [0.25, 0.3) is 0 Å². The average molecular weight is 306 g/mol. The fourth-order valence-electron chi connectivity index (χ4n) is 1.57. The van der Waals surface area contributed by atoms with Crippen molar-refractivity contribution in [1.29, 1.82) is 0 Å². The monoisotopic (exact) mass is 306 g/mol. The summed E-state index contributed by atoms with van der Waals surface area (Å²) in [5.41, 5.74) is 0.634. The van der Waals surface area contributed by atoms with Gasteiger partial charge < -0.3 is 5.11 Å². The highest BCUT2D eigenvalue weighted by molar-refractivity contribution is 7.89. The molecule has 110 valence electrons. The average Bonchev–Trinajstić information content (AvgIpc) is 2.89. The fraction of sp³-hybridized carbons (Fsp3) is 0.231. The van der Waals surface area contributed by atoms with Crippen LogP contribution < -0.4 is 4.72 Å². The maximum atomic E-state index is 12.1. The molecule has 0 saturated heterocycles. The lowest BCUT2D eigenvalue weighted by atomic mass is 10.2. The topological polar surface area (TPSA) is 97.1 Å². The maximum absolute atomic E-state index is 12.1. The van der Waals surface area contributed by atoms with Gasteiger partial charge in [0.05, 0.1) is 11.4 Å². The summed E-state index contributed by atoms with van der Waals surface area (Å²) >= 11 is 0. The van der Waals surface area contributed by atoms with E-state index in [0.717, 1.165) is 0 Å². The van der Waals surface area contributed by atoms with Crippen LogP contribution in [0.4, 0.5) is 0 Å². The molecule has 0 unspecified atom stereocenters. The molecule has 21 heavy (non-hydrogen) atoms. The van der Waals surface area contributed by atoms with Crippen LogP contribution in [0.2, 0.25) is 0 Å². The Balaban J connectivity index is 2.08. The normalized spacial score (nSPS) is 11.0. The van der Waals surface area contributed by atoms with Gasteiger partial charge in [0.2, 0.25) is 10.0 Å². The van der Waals surface area contributed by atoms with Gasteiger partial charge in [0, 0.05) is 12.6 Å². The van der Waals surface area contributed by atoms with E-state index in [9.17, 15) is 8.42 Å². The molecule has 1 aromatic heterocycles. The largest absolute Gasteiger partial charge is 0.384 e. The predicted molar refractivity (Wildman–Crippen MR) is 75.4 cm³/mol. The van der Waals surface area contributed by atoms with Crippen LogP contribution in [0.15, 0.2) is 35.5 Å². The van der Waals surface area contributed by atoms with E-state index in [1.54, 1.807) is 19.2 Å². The molecule has 0 saturated carbocycles. The molecular formula is C13H14N4O3S. The summed E-state index contributed by atoms with van der Waals surface area (Å²) in [4.78, 5) is 4.08. The molecule has 0 spiro atoms. The highest BCUT2D eigenvalue weighted by atomic mass is 32.2. The number of benzene rings is 1. The molecule has 2 rings (SSSR count). The van der Waals surface area contributed by atoms with E-state index < -0.39 is 10.0 Å². The van der Waals surface area contributed by atoms with E-state index in [-0.39, 0.29) is 18.0 Å². The quantitative estimate of drug-likeness (QED) is 0.752. The first-order chi connectivity index (χ1) is 10.0. The molecule has 0 aliphatic heterocycles. The molecular weight excluding hydrogens is 292 g/mol. The molecule has 8 heteroatoms. The van der Waals surface area contributed by atoms with Gasteiger partial charge >= 0.3 is 0 Å². The molecule has 0 fully saturated rings. The third-order valence-electron chi connectivity index (χ3n) is 2.54. The van der Waals surface area contributed by atoms with E-state index in [0.29, 0.717) is 11.4 Å². The van der Waals surface area contributed by atoms with Crippen LogP contribution >= 0.6 is 0 Å². The first kappa shape index (κ1) is 15.2. The Morgan fingerprint density at radius 3 is 2.62 bits per heavy atom. The number of aliphatic hydroxyl groups excluding tert-OH is 1. The second kappa shape index (κ2) is 6.49. The Kier molecular flexibility index (Phi) is 4.70. The summed E-state index contributed by atoms with van der Waals surface area (Å²) in [6.45, 7) is -0.214. The Morgan fingerprint density at radius 2 is 2.05 bits per heavy atom. The molecule has 1 aromatic carbocycles. The number of hydrogen-bond donors (Lipinski definition) is 2. The van der Waals surface area contributed by atoms with E-state index in [1.807, 2.05) is 0 Å². The Bertz CT molecular complexity index is 770. The van der Waals surface area contributed by atoms with Gasteiger partial charge in [-0.2, -0.15) is 5.10 Å². The van der Waals surface area contributed by atoms with Crippen molar-refractivity contribution in [1.82, 2.24) is 19.5 Å². The summed E-state index contributed by atoms with van der Waals surface area (Å²) < 4.78 is 28.1. The molecule has 7 nitrogen and oxygen atoms in total. The molecule has 0 radical (unpaired) electrons. The number of nitrogens with zero attached hydrogens (tertiary/aromatic N) is 3. The minimum absolute atomic E-state index is 0.0231. The molecule has 1 heterocycles. The number of aryl methyl sites for hydroxylation is 1. The number of hydrogen-bond acceptors (Lipinski definition) is 5. The van der Waals surface area contributed by atoms with Gasteiger partial charge in [-0.1, -0.05) is 11.8 Å². The van der Waals surface area contributed by atoms with Crippen LogP contribution in [0.25, 0.3) is 0 Å². The number of aliphatic hydroxyl groups is 1. The van der Waals surface area contributed by atoms with Crippen molar-refractivity contribution in [3.05, 3.63) is 42.0 Å². The van der Waals surface area contributed by atoms with Gasteiger partial charge in [0.15, 0.2) is 5.82 Å². The standard InChI is InChI=1S/C13H14N4O3S/c1-17-10-14-13(16-17)9-15-21(19,20)12-6-4-11(5-7-12)3-2-8-18/h4-7,10,15,18H,8-9H2,1H3. The van der Waals surface area contributed by atoms with Gasteiger partial charge in [-0.25, -0.2) is 18.1 Å². The molecule has 0 aliphatic rings. The predicted octanol–water partition coefficient (Wildman–Crippen LogP) is -0.363. The lowest BCUT2D eigenvalue weighted by Gasteiger charge is -2.04. The van der Waals surface area contributed by atoms with Crippen molar-refractivity contribution in [2.45, 2.75) is 11.4 Å². The van der Waals surface area contributed by atoms with E-state index in [4.69, 9.17) is 5.11 Å². The minimum atomic E-state index is -3.62. The Hall–Kier alpha value is -2.21. The van der Waals surface area contributed by atoms with Crippen LogP contribution in [0.5, 0.6) is 0 Å². The third-order valence-corrected chi connectivity index (χ3v) is 3.96. The van der Waals surface area contributed by atoms with Crippen molar-refractivity contribution >= 4 is 10.0 Å². The van der Waals surface area contributed by atoms with Crippen LogP contribution in [-0.4, -0.2) is 34.9 Å². The lowest BCUT2D eigenvalue weighted by Crippen LogP contribution is -2.23. The summed E-state index contributed by atoms with van der Waals surface area (Å²) in [7, 11) is -1.92. The first-order valence-electron chi connectivity index (χ1n) is 6.05.